The average molecular weight is 255 g/mol. The molecule has 0 spiro atoms. The lowest BCUT2D eigenvalue weighted by Crippen LogP contribution is -2.32. The summed E-state index contributed by atoms with van der Waals surface area (Å²) in [6.45, 7) is 3.09. The molecule has 2 atom stereocenters. The van der Waals surface area contributed by atoms with Crippen LogP contribution in [0.25, 0.3) is 0 Å². The summed E-state index contributed by atoms with van der Waals surface area (Å²) in [6.07, 6.45) is 2.14. The number of hydrogen-bond acceptors (Lipinski definition) is 3. The van der Waals surface area contributed by atoms with E-state index in [4.69, 9.17) is 17.3 Å². The summed E-state index contributed by atoms with van der Waals surface area (Å²) >= 11 is 6.30. The average Bonchev–Trinajstić information content (AvgIpc) is 2.76. The third kappa shape index (κ3) is 2.57. The number of aliphatic hydroxyl groups excluding tert-OH is 1. The molecule has 1 heterocycles. The lowest BCUT2D eigenvalue weighted by atomic mass is 10.1. The van der Waals surface area contributed by atoms with E-state index in [2.05, 4.69) is 4.90 Å². The van der Waals surface area contributed by atoms with Crippen LogP contribution in [0.5, 0.6) is 0 Å². The zero-order chi connectivity index (χ0) is 12.4. The van der Waals surface area contributed by atoms with Crippen LogP contribution in [0.15, 0.2) is 18.2 Å². The standard InChI is InChI=1S/C13H19ClN2O/c1-9(15)10-4-5-13(12(14)7-10)16-6-2-3-11(16)8-17/h4-5,7,9,11,17H,2-3,6,8,15H2,1H3/t9-,11?/m0/s1. The maximum atomic E-state index is 9.33. The van der Waals surface area contributed by atoms with Gasteiger partial charge in [-0.25, -0.2) is 0 Å². The van der Waals surface area contributed by atoms with Gasteiger partial charge in [0, 0.05) is 12.6 Å². The first-order chi connectivity index (χ1) is 8.13. The Balaban J connectivity index is 2.27. The van der Waals surface area contributed by atoms with Crippen molar-refractivity contribution in [1.82, 2.24) is 0 Å². The molecule has 3 nitrogen and oxygen atoms in total. The number of nitrogens with two attached hydrogens (primary N) is 1. The quantitative estimate of drug-likeness (QED) is 0.870. The molecule has 0 amide bonds. The van der Waals surface area contributed by atoms with E-state index in [1.807, 2.05) is 25.1 Å². The molecule has 1 aromatic rings. The molecular weight excluding hydrogens is 236 g/mol. The van der Waals surface area contributed by atoms with Gasteiger partial charge in [0.2, 0.25) is 0 Å². The second-order valence-corrected chi connectivity index (χ2v) is 5.08. The first-order valence-corrected chi connectivity index (χ1v) is 6.44. The smallest absolute Gasteiger partial charge is 0.0643 e. The zero-order valence-corrected chi connectivity index (χ0v) is 10.8. The molecule has 3 N–H and O–H groups in total. The van der Waals surface area contributed by atoms with E-state index in [1.165, 1.54) is 0 Å². The van der Waals surface area contributed by atoms with Gasteiger partial charge in [-0.05, 0) is 37.5 Å². The van der Waals surface area contributed by atoms with E-state index in [0.717, 1.165) is 35.7 Å². The largest absolute Gasteiger partial charge is 0.394 e. The van der Waals surface area contributed by atoms with Crippen molar-refractivity contribution in [3.05, 3.63) is 28.8 Å². The Bertz CT molecular complexity index is 395. The predicted molar refractivity (Wildman–Crippen MR) is 71.5 cm³/mol. The summed E-state index contributed by atoms with van der Waals surface area (Å²) in [5, 5.41) is 10.0. The third-order valence-corrected chi connectivity index (χ3v) is 3.70. The molecule has 94 valence electrons. The van der Waals surface area contributed by atoms with Gasteiger partial charge in [0.15, 0.2) is 0 Å². The van der Waals surface area contributed by atoms with Crippen LogP contribution in [-0.2, 0) is 0 Å². The van der Waals surface area contributed by atoms with Crippen LogP contribution in [0.4, 0.5) is 5.69 Å². The molecule has 1 aliphatic rings. The van der Waals surface area contributed by atoms with Crippen LogP contribution in [0, 0.1) is 0 Å². The van der Waals surface area contributed by atoms with Crippen molar-refractivity contribution in [3.8, 4) is 0 Å². The van der Waals surface area contributed by atoms with Gasteiger partial charge >= 0.3 is 0 Å². The molecule has 0 aliphatic carbocycles. The van der Waals surface area contributed by atoms with E-state index in [-0.39, 0.29) is 18.7 Å². The summed E-state index contributed by atoms with van der Waals surface area (Å²) in [4.78, 5) is 2.19. The topological polar surface area (TPSA) is 49.5 Å². The van der Waals surface area contributed by atoms with Gasteiger partial charge in [-0.3, -0.25) is 0 Å². The minimum atomic E-state index is -0.00577. The predicted octanol–water partition coefficient (Wildman–Crippen LogP) is 2.32. The molecule has 1 unspecified atom stereocenters. The fourth-order valence-electron chi connectivity index (χ4n) is 2.38. The lowest BCUT2D eigenvalue weighted by molar-refractivity contribution is 0.266. The molecule has 0 radical (unpaired) electrons. The zero-order valence-electron chi connectivity index (χ0n) is 10.1. The Morgan fingerprint density at radius 2 is 2.35 bits per heavy atom. The van der Waals surface area contributed by atoms with Gasteiger partial charge in [-0.2, -0.15) is 0 Å². The summed E-state index contributed by atoms with van der Waals surface area (Å²) in [7, 11) is 0. The van der Waals surface area contributed by atoms with Gasteiger partial charge in [-0.15, -0.1) is 0 Å². The van der Waals surface area contributed by atoms with Crippen LogP contribution < -0.4 is 10.6 Å². The Labute approximate surface area is 107 Å². The van der Waals surface area contributed by atoms with Crippen molar-refractivity contribution in [2.75, 3.05) is 18.1 Å². The third-order valence-electron chi connectivity index (χ3n) is 3.39. The fraction of sp³-hybridized carbons (Fsp3) is 0.538. The molecule has 0 aromatic heterocycles. The number of anilines is 1. The van der Waals surface area contributed by atoms with Gasteiger partial charge in [-0.1, -0.05) is 17.7 Å². The molecule has 2 rings (SSSR count). The van der Waals surface area contributed by atoms with E-state index >= 15 is 0 Å². The van der Waals surface area contributed by atoms with Crippen molar-refractivity contribution in [2.45, 2.75) is 31.8 Å². The summed E-state index contributed by atoms with van der Waals surface area (Å²) < 4.78 is 0. The lowest BCUT2D eigenvalue weighted by Gasteiger charge is -2.26. The van der Waals surface area contributed by atoms with Crippen LogP contribution in [0.1, 0.15) is 31.4 Å². The molecule has 17 heavy (non-hydrogen) atoms. The molecule has 1 fully saturated rings. The fourth-order valence-corrected chi connectivity index (χ4v) is 2.68. The first kappa shape index (κ1) is 12.7. The SMILES string of the molecule is C[C@H](N)c1ccc(N2CCCC2CO)c(Cl)c1. The Morgan fingerprint density at radius 1 is 1.59 bits per heavy atom. The van der Waals surface area contributed by atoms with Crippen molar-refractivity contribution in [3.63, 3.8) is 0 Å². The Hall–Kier alpha value is -0.770. The normalized spacial score (nSPS) is 21.9. The summed E-state index contributed by atoms with van der Waals surface area (Å²) in [6, 6.07) is 6.14. The van der Waals surface area contributed by atoms with E-state index < -0.39 is 0 Å². The van der Waals surface area contributed by atoms with Gasteiger partial charge in [0.1, 0.15) is 0 Å². The van der Waals surface area contributed by atoms with Gasteiger partial charge < -0.3 is 15.7 Å². The van der Waals surface area contributed by atoms with Crippen molar-refractivity contribution in [1.29, 1.82) is 0 Å². The Morgan fingerprint density at radius 3 is 2.94 bits per heavy atom. The molecule has 1 aliphatic heterocycles. The number of halogens is 1. The number of rotatable bonds is 3. The minimum absolute atomic E-state index is 0.00577. The number of hydrogen-bond donors (Lipinski definition) is 2. The highest BCUT2D eigenvalue weighted by Crippen LogP contribution is 2.33. The van der Waals surface area contributed by atoms with E-state index in [0.29, 0.717) is 0 Å². The van der Waals surface area contributed by atoms with Gasteiger partial charge in [0.05, 0.1) is 23.4 Å². The highest BCUT2D eigenvalue weighted by atomic mass is 35.5. The monoisotopic (exact) mass is 254 g/mol. The number of aliphatic hydroxyl groups is 1. The molecule has 1 saturated heterocycles. The summed E-state index contributed by atoms with van der Waals surface area (Å²) in [5.74, 6) is 0. The molecule has 0 bridgehead atoms. The second-order valence-electron chi connectivity index (χ2n) is 4.67. The van der Waals surface area contributed by atoms with E-state index in [1.54, 1.807) is 0 Å². The first-order valence-electron chi connectivity index (χ1n) is 6.06. The van der Waals surface area contributed by atoms with Crippen LogP contribution in [-0.4, -0.2) is 24.3 Å². The van der Waals surface area contributed by atoms with Crippen LogP contribution >= 0.6 is 11.6 Å². The van der Waals surface area contributed by atoms with Crippen molar-refractivity contribution < 1.29 is 5.11 Å². The molecule has 1 aromatic carbocycles. The van der Waals surface area contributed by atoms with Gasteiger partial charge in [0.25, 0.3) is 0 Å². The Kier molecular flexibility index (Phi) is 3.92. The second kappa shape index (κ2) is 5.25. The van der Waals surface area contributed by atoms with Crippen molar-refractivity contribution in [2.24, 2.45) is 5.73 Å². The number of nitrogens with zero attached hydrogens (tertiary/aromatic N) is 1. The number of benzene rings is 1. The molecular formula is C13H19ClN2O. The van der Waals surface area contributed by atoms with Crippen LogP contribution in [0.3, 0.4) is 0 Å². The highest BCUT2D eigenvalue weighted by molar-refractivity contribution is 6.33. The van der Waals surface area contributed by atoms with Crippen LogP contribution in [0.2, 0.25) is 5.02 Å². The maximum absolute atomic E-state index is 9.33. The van der Waals surface area contributed by atoms with E-state index in [9.17, 15) is 5.11 Å². The molecule has 4 heteroatoms. The highest BCUT2D eigenvalue weighted by Gasteiger charge is 2.25. The molecule has 0 saturated carbocycles. The van der Waals surface area contributed by atoms with Crippen molar-refractivity contribution >= 4 is 17.3 Å². The minimum Gasteiger partial charge on any atom is -0.394 e. The maximum Gasteiger partial charge on any atom is 0.0643 e. The summed E-state index contributed by atoms with van der Waals surface area (Å²) in [5.41, 5.74) is 7.87.